The lowest BCUT2D eigenvalue weighted by Gasteiger charge is -2.44. The van der Waals surface area contributed by atoms with Gasteiger partial charge in [0.1, 0.15) is 0 Å². The lowest BCUT2D eigenvalue weighted by atomic mass is 9.65. The molecule has 0 spiro atoms. The quantitative estimate of drug-likeness (QED) is 0.894. The molecule has 3 atom stereocenters. The fraction of sp³-hybridized carbons (Fsp3) is 0.786. The van der Waals surface area contributed by atoms with Crippen molar-refractivity contribution in [3.05, 3.63) is 16.6 Å². The second-order valence-corrected chi connectivity index (χ2v) is 6.96. The third-order valence-electron chi connectivity index (χ3n) is 4.13. The highest BCUT2D eigenvalue weighted by Crippen LogP contribution is 2.43. The molecule has 1 aromatic rings. The highest BCUT2D eigenvalue weighted by molar-refractivity contribution is 7.09. The van der Waals surface area contributed by atoms with Crippen LogP contribution in [-0.2, 0) is 6.42 Å². The molecule has 3 heteroatoms. The van der Waals surface area contributed by atoms with Crippen LogP contribution in [0.1, 0.15) is 44.9 Å². The molecule has 0 aliphatic heterocycles. The molecule has 1 aromatic heterocycles. The molecule has 1 fully saturated rings. The Morgan fingerprint density at radius 1 is 1.53 bits per heavy atom. The van der Waals surface area contributed by atoms with E-state index in [0.29, 0.717) is 17.8 Å². The summed E-state index contributed by atoms with van der Waals surface area (Å²) in [6.45, 7) is 6.73. The van der Waals surface area contributed by atoms with Gasteiger partial charge >= 0.3 is 0 Å². The van der Waals surface area contributed by atoms with Crippen molar-refractivity contribution in [2.75, 3.05) is 0 Å². The predicted octanol–water partition coefficient (Wildman–Crippen LogP) is 3.51. The topological polar surface area (TPSA) is 33.1 Å². The Morgan fingerprint density at radius 2 is 2.29 bits per heavy atom. The second-order valence-electron chi connectivity index (χ2n) is 5.99. The molecule has 0 bridgehead atoms. The van der Waals surface area contributed by atoms with E-state index in [-0.39, 0.29) is 0 Å². The molecule has 1 aliphatic rings. The van der Waals surface area contributed by atoms with E-state index in [4.69, 9.17) is 0 Å². The number of aromatic nitrogens is 1. The number of thiazole rings is 1. The average Bonchev–Trinajstić information content (AvgIpc) is 2.68. The molecule has 96 valence electrons. The monoisotopic (exact) mass is 253 g/mol. The molecule has 17 heavy (non-hydrogen) atoms. The van der Waals surface area contributed by atoms with Crippen LogP contribution in [0.3, 0.4) is 0 Å². The molecule has 3 unspecified atom stereocenters. The van der Waals surface area contributed by atoms with Gasteiger partial charge in [-0.05, 0) is 30.6 Å². The first kappa shape index (κ1) is 13.0. The lowest BCUT2D eigenvalue weighted by Crippen LogP contribution is -2.47. The van der Waals surface area contributed by atoms with Crippen molar-refractivity contribution in [2.45, 2.75) is 52.1 Å². The number of hydrogen-bond donors (Lipinski definition) is 1. The molecule has 1 aliphatic carbocycles. The molecule has 1 heterocycles. The van der Waals surface area contributed by atoms with E-state index in [2.05, 4.69) is 25.8 Å². The van der Waals surface area contributed by atoms with Crippen molar-refractivity contribution < 1.29 is 5.11 Å². The Bertz CT molecular complexity index is 349. The first-order valence-electron chi connectivity index (χ1n) is 6.61. The minimum absolute atomic E-state index is 0.431. The van der Waals surface area contributed by atoms with Crippen LogP contribution in [-0.4, -0.2) is 15.7 Å². The van der Waals surface area contributed by atoms with Gasteiger partial charge in [-0.25, -0.2) is 0 Å². The summed E-state index contributed by atoms with van der Waals surface area (Å²) in [5.41, 5.74) is 1.34. The van der Waals surface area contributed by atoms with Crippen LogP contribution in [0.15, 0.2) is 11.7 Å². The maximum absolute atomic E-state index is 11.0. The van der Waals surface area contributed by atoms with Crippen molar-refractivity contribution >= 4 is 11.3 Å². The molecule has 0 saturated heterocycles. The Labute approximate surface area is 108 Å². The zero-order chi connectivity index (χ0) is 12.5. The fourth-order valence-corrected chi connectivity index (χ4v) is 4.09. The molecule has 1 N–H and O–H groups in total. The van der Waals surface area contributed by atoms with Crippen molar-refractivity contribution in [3.8, 4) is 0 Å². The second kappa shape index (κ2) is 5.07. The molecule has 0 radical (unpaired) electrons. The molecule has 2 nitrogen and oxygen atoms in total. The van der Waals surface area contributed by atoms with Crippen LogP contribution in [0.5, 0.6) is 0 Å². The lowest BCUT2D eigenvalue weighted by molar-refractivity contribution is -0.0790. The summed E-state index contributed by atoms with van der Waals surface area (Å²) in [6.07, 6.45) is 6.04. The first-order valence-corrected chi connectivity index (χ1v) is 7.49. The van der Waals surface area contributed by atoms with E-state index in [1.54, 1.807) is 11.3 Å². The number of hydrogen-bond acceptors (Lipinski definition) is 3. The predicted molar refractivity (Wildman–Crippen MR) is 72.1 cm³/mol. The normalized spacial score (nSPS) is 34.2. The van der Waals surface area contributed by atoms with E-state index in [1.807, 2.05) is 11.7 Å². The van der Waals surface area contributed by atoms with E-state index in [1.165, 1.54) is 11.3 Å². The van der Waals surface area contributed by atoms with Crippen molar-refractivity contribution in [2.24, 2.45) is 17.8 Å². The largest absolute Gasteiger partial charge is 0.389 e. The summed E-state index contributed by atoms with van der Waals surface area (Å²) in [6, 6.07) is 0. The van der Waals surface area contributed by atoms with E-state index >= 15 is 0 Å². The average molecular weight is 253 g/mol. The summed E-state index contributed by atoms with van der Waals surface area (Å²) < 4.78 is 0. The molecular weight excluding hydrogens is 230 g/mol. The molecule has 2 rings (SSSR count). The van der Waals surface area contributed by atoms with Crippen molar-refractivity contribution in [3.63, 3.8) is 0 Å². The standard InChI is InChI=1S/C14H23NOS/c1-10(2)13-5-4-11(3)6-14(13,16)7-12-8-15-9-17-12/h8-11,13,16H,4-7H2,1-3H3. The summed E-state index contributed by atoms with van der Waals surface area (Å²) >= 11 is 1.66. The Balaban J connectivity index is 2.16. The highest BCUT2D eigenvalue weighted by Gasteiger charge is 2.42. The fourth-order valence-electron chi connectivity index (χ4n) is 3.38. The Hall–Kier alpha value is -0.410. The zero-order valence-corrected chi connectivity index (χ0v) is 11.8. The van der Waals surface area contributed by atoms with E-state index in [0.717, 1.165) is 19.3 Å². The third-order valence-corrected chi connectivity index (χ3v) is 4.91. The van der Waals surface area contributed by atoms with Crippen LogP contribution in [0.25, 0.3) is 0 Å². The Kier molecular flexibility index (Phi) is 3.88. The van der Waals surface area contributed by atoms with Gasteiger partial charge in [0.05, 0.1) is 11.1 Å². The van der Waals surface area contributed by atoms with Crippen LogP contribution in [0.4, 0.5) is 0 Å². The van der Waals surface area contributed by atoms with Crippen LogP contribution < -0.4 is 0 Å². The Morgan fingerprint density at radius 3 is 2.88 bits per heavy atom. The van der Waals surface area contributed by atoms with Gasteiger partial charge < -0.3 is 5.11 Å². The van der Waals surface area contributed by atoms with Gasteiger partial charge in [-0.3, -0.25) is 4.98 Å². The van der Waals surface area contributed by atoms with Crippen LogP contribution in [0, 0.1) is 17.8 Å². The number of rotatable bonds is 3. The number of aliphatic hydroxyl groups is 1. The smallest absolute Gasteiger partial charge is 0.0794 e. The zero-order valence-electron chi connectivity index (χ0n) is 11.0. The molecular formula is C14H23NOS. The van der Waals surface area contributed by atoms with Gasteiger partial charge in [0.2, 0.25) is 0 Å². The summed E-state index contributed by atoms with van der Waals surface area (Å²) in [4.78, 5) is 5.33. The third kappa shape index (κ3) is 2.89. The maximum Gasteiger partial charge on any atom is 0.0794 e. The van der Waals surface area contributed by atoms with Gasteiger partial charge in [0.25, 0.3) is 0 Å². The van der Waals surface area contributed by atoms with Crippen LogP contribution >= 0.6 is 11.3 Å². The first-order chi connectivity index (χ1) is 8.01. The minimum atomic E-state index is -0.516. The van der Waals surface area contributed by atoms with Gasteiger partial charge in [-0.15, -0.1) is 11.3 Å². The van der Waals surface area contributed by atoms with Crippen molar-refractivity contribution in [1.82, 2.24) is 4.98 Å². The summed E-state index contributed by atoms with van der Waals surface area (Å²) in [5.74, 6) is 1.63. The molecule has 0 aromatic carbocycles. The van der Waals surface area contributed by atoms with Gasteiger partial charge in [-0.2, -0.15) is 0 Å². The molecule has 1 saturated carbocycles. The van der Waals surface area contributed by atoms with Crippen LogP contribution in [0.2, 0.25) is 0 Å². The minimum Gasteiger partial charge on any atom is -0.389 e. The SMILES string of the molecule is CC1CCC(C(C)C)C(O)(Cc2cncs2)C1. The van der Waals surface area contributed by atoms with E-state index in [9.17, 15) is 5.11 Å². The van der Waals surface area contributed by atoms with Gasteiger partial charge in [0.15, 0.2) is 0 Å². The van der Waals surface area contributed by atoms with Gasteiger partial charge in [0, 0.05) is 17.5 Å². The highest BCUT2D eigenvalue weighted by atomic mass is 32.1. The summed E-state index contributed by atoms with van der Waals surface area (Å²) in [5, 5.41) is 11.0. The molecule has 0 amide bonds. The van der Waals surface area contributed by atoms with Gasteiger partial charge in [-0.1, -0.05) is 27.2 Å². The van der Waals surface area contributed by atoms with Crippen molar-refractivity contribution in [1.29, 1.82) is 0 Å². The number of nitrogens with zero attached hydrogens (tertiary/aromatic N) is 1. The van der Waals surface area contributed by atoms with E-state index < -0.39 is 5.60 Å². The maximum atomic E-state index is 11.0. The summed E-state index contributed by atoms with van der Waals surface area (Å²) in [7, 11) is 0.